The Bertz CT molecular complexity index is 1390. The third-order valence-corrected chi connectivity index (χ3v) is 7.26. The van der Waals surface area contributed by atoms with Gasteiger partial charge in [-0.3, -0.25) is 19.5 Å². The largest absolute Gasteiger partial charge is 0.371 e. The van der Waals surface area contributed by atoms with Gasteiger partial charge in [-0.2, -0.15) is 5.10 Å². The van der Waals surface area contributed by atoms with E-state index in [9.17, 15) is 14.4 Å². The summed E-state index contributed by atoms with van der Waals surface area (Å²) in [6.45, 7) is 2.34. The molecule has 4 N–H and O–H groups in total. The minimum atomic E-state index is -0.539. The van der Waals surface area contributed by atoms with Crippen molar-refractivity contribution in [3.05, 3.63) is 82.1 Å². The Hall–Kier alpha value is -3.86. The van der Waals surface area contributed by atoms with Gasteiger partial charge in [0.05, 0.1) is 27.5 Å². The van der Waals surface area contributed by atoms with Crippen LogP contribution in [-0.4, -0.2) is 72.6 Å². The molecule has 0 unspecified atom stereocenters. The maximum absolute atomic E-state index is 13.0. The predicted molar refractivity (Wildman–Crippen MR) is 163 cm³/mol. The number of benzene rings is 2. The van der Waals surface area contributed by atoms with Gasteiger partial charge < -0.3 is 25.8 Å². The molecular weight excluding hydrogens is 565 g/mol. The molecule has 1 saturated heterocycles. The van der Waals surface area contributed by atoms with Crippen molar-refractivity contribution in [2.24, 2.45) is 0 Å². The van der Waals surface area contributed by atoms with Crippen LogP contribution in [0.4, 0.5) is 17.1 Å². The number of H-pyrrole nitrogens is 1. The van der Waals surface area contributed by atoms with Crippen LogP contribution in [0.5, 0.6) is 0 Å². The average Bonchev–Trinajstić information content (AvgIpc) is 3.40. The Labute approximate surface area is 249 Å². The summed E-state index contributed by atoms with van der Waals surface area (Å²) in [5.74, 6) is -1.07. The molecule has 0 radical (unpaired) electrons. The molecule has 41 heavy (non-hydrogen) atoms. The number of hydrogen-bond acceptors (Lipinski definition) is 6. The van der Waals surface area contributed by atoms with Gasteiger partial charge >= 0.3 is 0 Å². The van der Waals surface area contributed by atoms with Crippen molar-refractivity contribution in [3.63, 3.8) is 0 Å². The van der Waals surface area contributed by atoms with E-state index in [-0.39, 0.29) is 44.8 Å². The smallest absolute Gasteiger partial charge is 0.271 e. The maximum Gasteiger partial charge on any atom is 0.271 e. The number of amides is 3. The van der Waals surface area contributed by atoms with E-state index in [1.54, 1.807) is 24.3 Å². The molecule has 0 aliphatic carbocycles. The fourth-order valence-corrected chi connectivity index (χ4v) is 5.05. The lowest BCUT2D eigenvalue weighted by molar-refractivity contribution is -0.111. The number of aromatic amines is 1. The number of piperidine rings is 1. The summed E-state index contributed by atoms with van der Waals surface area (Å²) in [5, 5.41) is 15.6. The zero-order valence-corrected chi connectivity index (χ0v) is 24.4. The van der Waals surface area contributed by atoms with E-state index < -0.39 is 5.91 Å². The van der Waals surface area contributed by atoms with Crippen LogP contribution in [0.15, 0.2) is 60.8 Å². The average molecular weight is 599 g/mol. The van der Waals surface area contributed by atoms with Gasteiger partial charge in [0, 0.05) is 37.1 Å². The predicted octanol–water partition coefficient (Wildman–Crippen LogP) is 4.81. The van der Waals surface area contributed by atoms with Gasteiger partial charge in [-0.05, 0) is 69.8 Å². The van der Waals surface area contributed by atoms with Gasteiger partial charge in [-0.1, -0.05) is 41.4 Å². The lowest BCUT2D eigenvalue weighted by Crippen LogP contribution is -2.45. The minimum Gasteiger partial charge on any atom is -0.371 e. The Morgan fingerprint density at radius 1 is 1.05 bits per heavy atom. The SMILES string of the molecule is CN(C)CCC=CC(=O)Nc1cccc(N2CCC(NC(=O)c3[nH]ncc3NC(=O)c3c(Cl)cccc3Cl)CC2)c1. The maximum atomic E-state index is 13.0. The van der Waals surface area contributed by atoms with Crippen molar-refractivity contribution >= 4 is 58.0 Å². The Morgan fingerprint density at radius 3 is 2.46 bits per heavy atom. The fourth-order valence-electron chi connectivity index (χ4n) is 4.48. The van der Waals surface area contributed by atoms with Gasteiger partial charge in [0.1, 0.15) is 5.69 Å². The highest BCUT2D eigenvalue weighted by molar-refractivity contribution is 6.40. The number of nitrogens with one attached hydrogen (secondary N) is 4. The molecule has 1 fully saturated rings. The number of nitrogens with zero attached hydrogens (tertiary/aromatic N) is 3. The molecule has 1 aliphatic heterocycles. The summed E-state index contributed by atoms with van der Waals surface area (Å²) in [7, 11) is 3.99. The van der Waals surface area contributed by atoms with E-state index in [0.29, 0.717) is 0 Å². The molecule has 0 bridgehead atoms. The first-order chi connectivity index (χ1) is 19.7. The third-order valence-electron chi connectivity index (χ3n) is 6.63. The molecule has 216 valence electrons. The van der Waals surface area contributed by atoms with Gasteiger partial charge in [0.2, 0.25) is 5.91 Å². The Kier molecular flexibility index (Phi) is 10.4. The van der Waals surface area contributed by atoms with Gasteiger partial charge in [-0.25, -0.2) is 0 Å². The second-order valence-corrected chi connectivity index (χ2v) is 10.8. The summed E-state index contributed by atoms with van der Waals surface area (Å²) >= 11 is 12.3. The van der Waals surface area contributed by atoms with Crippen molar-refractivity contribution in [1.82, 2.24) is 20.4 Å². The van der Waals surface area contributed by atoms with E-state index in [1.807, 2.05) is 44.4 Å². The molecule has 3 aromatic rings. The van der Waals surface area contributed by atoms with Crippen molar-refractivity contribution in [2.45, 2.75) is 25.3 Å². The number of halogens is 2. The van der Waals surface area contributed by atoms with Crippen LogP contribution in [0.1, 0.15) is 40.1 Å². The molecule has 2 aromatic carbocycles. The highest BCUT2D eigenvalue weighted by Crippen LogP contribution is 2.26. The van der Waals surface area contributed by atoms with Crippen LogP contribution in [0, 0.1) is 0 Å². The standard InChI is InChI=1S/C29H33Cl2N7O3/c1-37(2)14-4-3-11-25(39)33-20-7-5-8-21(17-20)38-15-12-19(13-16-38)34-29(41)27-24(18-32-36-27)35-28(40)26-22(30)9-6-10-23(26)31/h3,5-11,17-19H,4,12-16H2,1-2H3,(H,32,36)(H,33,39)(H,34,41)(H,35,40). The van der Waals surface area contributed by atoms with Crippen molar-refractivity contribution in [3.8, 4) is 0 Å². The molecule has 1 aromatic heterocycles. The van der Waals surface area contributed by atoms with E-state index in [1.165, 1.54) is 6.20 Å². The highest BCUT2D eigenvalue weighted by Gasteiger charge is 2.25. The fraction of sp³-hybridized carbons (Fsp3) is 0.310. The summed E-state index contributed by atoms with van der Waals surface area (Å²) in [6.07, 6.45) is 7.05. The molecule has 2 heterocycles. The first-order valence-electron chi connectivity index (χ1n) is 13.3. The summed E-state index contributed by atoms with van der Waals surface area (Å²) in [5.41, 5.74) is 2.22. The van der Waals surface area contributed by atoms with Crippen LogP contribution in [0.2, 0.25) is 10.0 Å². The monoisotopic (exact) mass is 597 g/mol. The first-order valence-corrected chi connectivity index (χ1v) is 14.0. The molecule has 4 rings (SSSR count). The molecule has 10 nitrogen and oxygen atoms in total. The van der Waals surface area contributed by atoms with E-state index in [2.05, 4.69) is 35.9 Å². The lowest BCUT2D eigenvalue weighted by Gasteiger charge is -2.34. The topological polar surface area (TPSA) is 122 Å². The zero-order chi connectivity index (χ0) is 29.4. The normalized spacial score (nSPS) is 13.9. The summed E-state index contributed by atoms with van der Waals surface area (Å²) in [6, 6.07) is 12.5. The van der Waals surface area contributed by atoms with E-state index in [0.717, 1.165) is 50.3 Å². The Balaban J connectivity index is 1.29. The second-order valence-electron chi connectivity index (χ2n) is 9.98. The first kappa shape index (κ1) is 30.1. The quantitative estimate of drug-likeness (QED) is 0.249. The van der Waals surface area contributed by atoms with Gasteiger partial charge in [0.15, 0.2) is 0 Å². The number of rotatable bonds is 10. The van der Waals surface area contributed by atoms with E-state index >= 15 is 0 Å². The zero-order valence-electron chi connectivity index (χ0n) is 22.9. The van der Waals surface area contributed by atoms with Crippen LogP contribution in [-0.2, 0) is 4.79 Å². The van der Waals surface area contributed by atoms with Crippen molar-refractivity contribution in [1.29, 1.82) is 0 Å². The molecule has 12 heteroatoms. The second kappa shape index (κ2) is 14.2. The molecular formula is C29H33Cl2N7O3. The highest BCUT2D eigenvalue weighted by atomic mass is 35.5. The van der Waals surface area contributed by atoms with Crippen LogP contribution >= 0.6 is 23.2 Å². The van der Waals surface area contributed by atoms with Crippen LogP contribution < -0.4 is 20.9 Å². The van der Waals surface area contributed by atoms with Crippen molar-refractivity contribution in [2.75, 3.05) is 49.3 Å². The minimum absolute atomic E-state index is 0.0567. The van der Waals surface area contributed by atoms with Gasteiger partial charge in [0.25, 0.3) is 11.8 Å². The number of anilines is 3. The molecule has 3 amide bonds. The Morgan fingerprint density at radius 2 is 1.76 bits per heavy atom. The third kappa shape index (κ3) is 8.32. The van der Waals surface area contributed by atoms with Crippen molar-refractivity contribution < 1.29 is 14.4 Å². The van der Waals surface area contributed by atoms with Gasteiger partial charge in [-0.15, -0.1) is 0 Å². The number of hydrogen-bond donors (Lipinski definition) is 4. The number of carbonyl (C=O) groups excluding carboxylic acids is 3. The number of carbonyl (C=O) groups is 3. The lowest BCUT2D eigenvalue weighted by atomic mass is 10.0. The van der Waals surface area contributed by atoms with Crippen LogP contribution in [0.3, 0.4) is 0 Å². The molecule has 0 atom stereocenters. The molecule has 0 saturated carbocycles. The number of aromatic nitrogens is 2. The van der Waals surface area contributed by atoms with Crippen LogP contribution in [0.25, 0.3) is 0 Å². The molecule has 1 aliphatic rings. The summed E-state index contributed by atoms with van der Waals surface area (Å²) in [4.78, 5) is 42.3. The van der Waals surface area contributed by atoms with E-state index in [4.69, 9.17) is 23.2 Å². The molecule has 0 spiro atoms. The summed E-state index contributed by atoms with van der Waals surface area (Å²) < 4.78 is 0.